The standard InChI is InChI=1S/C10H18N2O2S/c1-10(6-11,12-8-2-3-8)7-15-5-9(14)4-13/h8-9,12-14H,2-5,7H2,1H3. The molecule has 0 aromatic heterocycles. The maximum atomic E-state index is 9.15. The van der Waals surface area contributed by atoms with Crippen LogP contribution in [-0.2, 0) is 0 Å². The highest BCUT2D eigenvalue weighted by atomic mass is 32.2. The molecule has 4 nitrogen and oxygen atoms in total. The van der Waals surface area contributed by atoms with Gasteiger partial charge < -0.3 is 10.2 Å². The maximum absolute atomic E-state index is 9.15. The van der Waals surface area contributed by atoms with Gasteiger partial charge in [0, 0.05) is 17.5 Å². The molecule has 1 fully saturated rings. The van der Waals surface area contributed by atoms with Gasteiger partial charge in [-0.25, -0.2) is 0 Å². The van der Waals surface area contributed by atoms with Gasteiger partial charge in [0.25, 0.3) is 0 Å². The van der Waals surface area contributed by atoms with Gasteiger partial charge in [0.1, 0.15) is 5.54 Å². The quantitative estimate of drug-likeness (QED) is 0.578. The third kappa shape index (κ3) is 4.85. The zero-order chi connectivity index (χ0) is 11.3. The molecule has 0 spiro atoms. The molecule has 1 rings (SSSR count). The summed E-state index contributed by atoms with van der Waals surface area (Å²) < 4.78 is 0. The fourth-order valence-electron chi connectivity index (χ4n) is 1.24. The molecule has 5 heteroatoms. The van der Waals surface area contributed by atoms with Crippen LogP contribution in [0.3, 0.4) is 0 Å². The molecular formula is C10H18N2O2S. The zero-order valence-electron chi connectivity index (χ0n) is 8.94. The molecule has 3 N–H and O–H groups in total. The van der Waals surface area contributed by atoms with Crippen molar-refractivity contribution in [2.24, 2.45) is 0 Å². The summed E-state index contributed by atoms with van der Waals surface area (Å²) in [6, 6.07) is 2.76. The second-order valence-corrected chi connectivity index (χ2v) is 5.24. The Morgan fingerprint density at radius 1 is 1.67 bits per heavy atom. The van der Waals surface area contributed by atoms with E-state index in [1.165, 1.54) is 11.8 Å². The van der Waals surface area contributed by atoms with Crippen molar-refractivity contribution in [3.05, 3.63) is 0 Å². The van der Waals surface area contributed by atoms with Gasteiger partial charge >= 0.3 is 0 Å². The van der Waals surface area contributed by atoms with Gasteiger partial charge in [-0.1, -0.05) is 0 Å². The van der Waals surface area contributed by atoms with Gasteiger partial charge in [-0.05, 0) is 19.8 Å². The number of rotatable bonds is 7. The fraction of sp³-hybridized carbons (Fsp3) is 0.900. The van der Waals surface area contributed by atoms with Crippen molar-refractivity contribution in [1.29, 1.82) is 5.26 Å². The SMILES string of the molecule is CC(C#N)(CSCC(O)CO)NC1CC1. The largest absolute Gasteiger partial charge is 0.394 e. The lowest BCUT2D eigenvalue weighted by Gasteiger charge is -2.23. The first-order valence-corrected chi connectivity index (χ1v) is 6.31. The van der Waals surface area contributed by atoms with Crippen LogP contribution in [0.4, 0.5) is 0 Å². The van der Waals surface area contributed by atoms with Crippen LogP contribution >= 0.6 is 11.8 Å². The van der Waals surface area contributed by atoms with Crippen molar-refractivity contribution in [3.63, 3.8) is 0 Å². The molecular weight excluding hydrogens is 212 g/mol. The number of nitrogens with zero attached hydrogens (tertiary/aromatic N) is 1. The number of thioether (sulfide) groups is 1. The van der Waals surface area contributed by atoms with Crippen molar-refractivity contribution in [1.82, 2.24) is 5.32 Å². The Kier molecular flexibility index (Phi) is 4.87. The molecule has 0 aromatic rings. The Morgan fingerprint density at radius 3 is 2.80 bits per heavy atom. The van der Waals surface area contributed by atoms with Gasteiger partial charge in [0.15, 0.2) is 0 Å². The molecule has 2 unspecified atom stereocenters. The number of hydrogen-bond donors (Lipinski definition) is 3. The second-order valence-electron chi connectivity index (χ2n) is 4.21. The van der Waals surface area contributed by atoms with E-state index >= 15 is 0 Å². The van der Waals surface area contributed by atoms with Crippen LogP contribution in [-0.4, -0.2) is 46.0 Å². The van der Waals surface area contributed by atoms with Crippen LogP contribution in [0, 0.1) is 11.3 Å². The molecule has 1 aliphatic rings. The van der Waals surface area contributed by atoms with Crippen LogP contribution < -0.4 is 5.32 Å². The van der Waals surface area contributed by atoms with E-state index in [1.54, 1.807) is 0 Å². The third-order valence-corrected chi connectivity index (χ3v) is 3.66. The summed E-state index contributed by atoms with van der Waals surface area (Å²) in [6.07, 6.45) is 1.63. The van der Waals surface area contributed by atoms with Crippen molar-refractivity contribution in [2.45, 2.75) is 37.5 Å². The molecule has 1 saturated carbocycles. The van der Waals surface area contributed by atoms with Crippen LogP contribution in [0.15, 0.2) is 0 Å². The van der Waals surface area contributed by atoms with Crippen LogP contribution in [0.5, 0.6) is 0 Å². The Labute approximate surface area is 94.7 Å². The minimum absolute atomic E-state index is 0.216. The maximum Gasteiger partial charge on any atom is 0.113 e. The van der Waals surface area contributed by atoms with Crippen molar-refractivity contribution in [3.8, 4) is 6.07 Å². The molecule has 0 aromatic carbocycles. The van der Waals surface area contributed by atoms with Gasteiger partial charge in [-0.15, -0.1) is 0 Å². The number of nitrogens with one attached hydrogen (secondary N) is 1. The van der Waals surface area contributed by atoms with E-state index in [-0.39, 0.29) is 6.61 Å². The van der Waals surface area contributed by atoms with Crippen LogP contribution in [0.1, 0.15) is 19.8 Å². The van der Waals surface area contributed by atoms with Gasteiger partial charge in [0.05, 0.1) is 18.8 Å². The monoisotopic (exact) mass is 230 g/mol. The van der Waals surface area contributed by atoms with Crippen LogP contribution in [0.2, 0.25) is 0 Å². The lowest BCUT2D eigenvalue weighted by atomic mass is 10.1. The Balaban J connectivity index is 2.23. The normalized spacial score (nSPS) is 21.7. The summed E-state index contributed by atoms with van der Waals surface area (Å²) in [5, 5.41) is 30.1. The molecule has 0 radical (unpaired) electrons. The molecule has 0 aliphatic heterocycles. The summed E-state index contributed by atoms with van der Waals surface area (Å²) in [4.78, 5) is 0. The molecule has 15 heavy (non-hydrogen) atoms. The predicted molar refractivity (Wildman–Crippen MR) is 60.6 cm³/mol. The Bertz CT molecular complexity index is 240. The number of aliphatic hydroxyl groups is 2. The molecule has 86 valence electrons. The summed E-state index contributed by atoms with van der Waals surface area (Å²) in [7, 11) is 0. The molecule has 0 saturated heterocycles. The molecule has 0 heterocycles. The number of hydrogen-bond acceptors (Lipinski definition) is 5. The Morgan fingerprint density at radius 2 is 2.33 bits per heavy atom. The molecule has 0 bridgehead atoms. The molecule has 0 amide bonds. The minimum atomic E-state index is -0.682. The summed E-state index contributed by atoms with van der Waals surface area (Å²) in [5.41, 5.74) is -0.513. The average Bonchev–Trinajstić information content (AvgIpc) is 3.01. The fourth-order valence-corrected chi connectivity index (χ4v) is 2.29. The van der Waals surface area contributed by atoms with Gasteiger partial charge in [0.2, 0.25) is 0 Å². The van der Waals surface area contributed by atoms with Crippen LogP contribution in [0.25, 0.3) is 0 Å². The highest BCUT2D eigenvalue weighted by molar-refractivity contribution is 7.99. The molecule has 1 aliphatic carbocycles. The first-order valence-electron chi connectivity index (χ1n) is 5.15. The molecule has 2 atom stereocenters. The van der Waals surface area contributed by atoms with Crippen molar-refractivity contribution < 1.29 is 10.2 Å². The smallest absolute Gasteiger partial charge is 0.113 e. The highest BCUT2D eigenvalue weighted by Crippen LogP contribution is 2.24. The third-order valence-electron chi connectivity index (χ3n) is 2.26. The zero-order valence-corrected chi connectivity index (χ0v) is 9.76. The first-order chi connectivity index (χ1) is 7.09. The number of nitriles is 1. The lowest BCUT2D eigenvalue weighted by molar-refractivity contribution is 0.113. The summed E-state index contributed by atoms with van der Waals surface area (Å²) in [6.45, 7) is 1.66. The van der Waals surface area contributed by atoms with Crippen molar-refractivity contribution in [2.75, 3.05) is 18.1 Å². The van der Waals surface area contributed by atoms with Gasteiger partial charge in [-0.2, -0.15) is 17.0 Å². The average molecular weight is 230 g/mol. The summed E-state index contributed by atoms with van der Waals surface area (Å²) in [5.74, 6) is 1.11. The van der Waals surface area contributed by atoms with E-state index < -0.39 is 11.6 Å². The van der Waals surface area contributed by atoms with E-state index in [2.05, 4.69) is 11.4 Å². The van der Waals surface area contributed by atoms with E-state index in [0.29, 0.717) is 17.5 Å². The van der Waals surface area contributed by atoms with Gasteiger partial charge in [-0.3, -0.25) is 5.32 Å². The number of aliphatic hydroxyl groups excluding tert-OH is 2. The van der Waals surface area contributed by atoms with E-state index in [4.69, 9.17) is 15.5 Å². The summed E-state index contributed by atoms with van der Waals surface area (Å²) >= 11 is 1.49. The van der Waals surface area contributed by atoms with E-state index in [1.807, 2.05) is 6.92 Å². The van der Waals surface area contributed by atoms with E-state index in [9.17, 15) is 0 Å². The second kappa shape index (κ2) is 5.71. The van der Waals surface area contributed by atoms with E-state index in [0.717, 1.165) is 12.8 Å². The lowest BCUT2D eigenvalue weighted by Crippen LogP contribution is -2.45. The topological polar surface area (TPSA) is 76.3 Å². The Hall–Kier alpha value is -0.280. The predicted octanol–water partition coefficient (Wildman–Crippen LogP) is 0.107. The van der Waals surface area contributed by atoms with Crippen molar-refractivity contribution >= 4 is 11.8 Å². The highest BCUT2D eigenvalue weighted by Gasteiger charge is 2.32. The first kappa shape index (κ1) is 12.8. The minimum Gasteiger partial charge on any atom is -0.394 e.